The number of benzene rings is 3. The number of aromatic nitrogens is 1. The first-order valence-electron chi connectivity index (χ1n) is 10.1. The minimum absolute atomic E-state index is 0.124. The van der Waals surface area contributed by atoms with Gasteiger partial charge in [0.25, 0.3) is 0 Å². The molecule has 0 aliphatic heterocycles. The molecule has 1 unspecified atom stereocenters. The summed E-state index contributed by atoms with van der Waals surface area (Å²) >= 11 is 0. The fourth-order valence-electron chi connectivity index (χ4n) is 3.50. The van der Waals surface area contributed by atoms with Crippen LogP contribution in [0, 0.1) is 13.8 Å². The molecule has 3 aromatic carbocycles. The van der Waals surface area contributed by atoms with Gasteiger partial charge in [0.2, 0.25) is 0 Å². The van der Waals surface area contributed by atoms with Crippen LogP contribution in [0.2, 0.25) is 0 Å². The van der Waals surface area contributed by atoms with Crippen molar-refractivity contribution in [2.24, 2.45) is 4.36 Å². The van der Waals surface area contributed by atoms with Gasteiger partial charge in [0.05, 0.1) is 36.4 Å². The minimum Gasteiger partial charge on any atom is -0.508 e. The summed E-state index contributed by atoms with van der Waals surface area (Å²) in [5.74, 6) is 0.692. The maximum Gasteiger partial charge on any atom is 0.124 e. The van der Waals surface area contributed by atoms with Crippen molar-refractivity contribution in [3.63, 3.8) is 0 Å². The lowest BCUT2D eigenvalue weighted by molar-refractivity contribution is 0.408. The van der Waals surface area contributed by atoms with Gasteiger partial charge in [-0.15, -0.1) is 0 Å². The molecule has 4 rings (SSSR count). The molecule has 0 aliphatic rings. The van der Waals surface area contributed by atoms with Gasteiger partial charge in [-0.05, 0) is 49.7 Å². The summed E-state index contributed by atoms with van der Waals surface area (Å²) < 4.78 is 15.8. The van der Waals surface area contributed by atoms with E-state index in [1.54, 1.807) is 32.5 Å². The Morgan fingerprint density at radius 2 is 1.81 bits per heavy atom. The summed E-state index contributed by atoms with van der Waals surface area (Å²) in [7, 11) is 2.52. The molecule has 0 radical (unpaired) electrons. The lowest BCUT2D eigenvalue weighted by atomic mass is 10.1. The van der Waals surface area contributed by atoms with Crippen molar-refractivity contribution in [3.8, 4) is 11.5 Å². The quantitative estimate of drug-likeness (QED) is 0.359. The highest BCUT2D eigenvalue weighted by Crippen LogP contribution is 2.32. The van der Waals surface area contributed by atoms with Crippen LogP contribution in [0.5, 0.6) is 11.5 Å². The van der Waals surface area contributed by atoms with Gasteiger partial charge in [-0.1, -0.05) is 17.7 Å². The van der Waals surface area contributed by atoms with E-state index < -0.39 is 11.0 Å². The van der Waals surface area contributed by atoms with Gasteiger partial charge in [-0.25, -0.2) is 0 Å². The van der Waals surface area contributed by atoms with Crippen LogP contribution in [0.25, 0.3) is 10.9 Å². The van der Waals surface area contributed by atoms with Crippen LogP contribution in [0.15, 0.2) is 76.1 Å². The third-order valence-corrected chi connectivity index (χ3v) is 6.52. The number of hydrogen-bond donors (Lipinski definition) is 2. The molecule has 0 amide bonds. The molecule has 1 aromatic heterocycles. The Hall–Kier alpha value is -3.42. The fraction of sp³-hybridized carbons (Fsp3) is 0.160. The van der Waals surface area contributed by atoms with E-state index in [-0.39, 0.29) is 5.75 Å². The molecule has 1 heterocycles. The summed E-state index contributed by atoms with van der Waals surface area (Å²) in [5.41, 5.74) is 5.56. The number of pyridine rings is 1. The molecule has 1 atom stereocenters. The molecule has 2 N–H and O–H groups in total. The number of fused-ring (bicyclic) bond motifs is 1. The first kappa shape index (κ1) is 21.8. The monoisotopic (exact) mass is 447 g/mol. The summed E-state index contributed by atoms with van der Waals surface area (Å²) in [4.78, 5) is 5.54. The van der Waals surface area contributed by atoms with Crippen molar-refractivity contribution in [3.05, 3.63) is 78.0 Å². The number of aromatic hydroxyl groups is 1. The predicted octanol–water partition coefficient (Wildman–Crippen LogP) is 6.36. The lowest BCUT2D eigenvalue weighted by Crippen LogP contribution is -1.97. The Kier molecular flexibility index (Phi) is 6.39. The number of hydrogen-bond acceptors (Lipinski definition) is 6. The van der Waals surface area contributed by atoms with E-state index in [1.165, 1.54) is 5.56 Å². The number of nitrogens with one attached hydrogen (secondary N) is 1. The number of rotatable bonds is 6. The zero-order chi connectivity index (χ0) is 22.7. The second kappa shape index (κ2) is 9.38. The first-order chi connectivity index (χ1) is 15.5. The Bertz CT molecular complexity index is 1320. The topological polar surface area (TPSA) is 76.0 Å². The van der Waals surface area contributed by atoms with E-state index in [1.807, 2.05) is 30.3 Å². The maximum atomic E-state index is 9.97. The summed E-state index contributed by atoms with van der Waals surface area (Å²) in [5, 5.41) is 14.2. The fourth-order valence-corrected chi connectivity index (χ4v) is 4.67. The number of ether oxygens (including phenoxy) is 1. The van der Waals surface area contributed by atoms with Crippen molar-refractivity contribution >= 4 is 38.9 Å². The highest BCUT2D eigenvalue weighted by atomic mass is 32.2. The second-order valence-corrected chi connectivity index (χ2v) is 8.83. The van der Waals surface area contributed by atoms with Gasteiger partial charge in [0.15, 0.2) is 0 Å². The molecular weight excluding hydrogens is 422 g/mol. The van der Waals surface area contributed by atoms with Gasteiger partial charge in [-0.3, -0.25) is 4.98 Å². The smallest absolute Gasteiger partial charge is 0.124 e. The molecule has 0 fully saturated rings. The van der Waals surface area contributed by atoms with Crippen LogP contribution in [0.1, 0.15) is 11.1 Å². The van der Waals surface area contributed by atoms with E-state index in [2.05, 4.69) is 42.3 Å². The van der Waals surface area contributed by atoms with Crippen LogP contribution in [-0.2, 0) is 15.2 Å². The zero-order valence-electron chi connectivity index (χ0n) is 18.4. The molecule has 0 bridgehead atoms. The molecule has 6 nitrogen and oxygen atoms in total. The molecule has 0 aliphatic carbocycles. The van der Waals surface area contributed by atoms with Gasteiger partial charge in [0, 0.05) is 46.1 Å². The third kappa shape index (κ3) is 4.74. The molecule has 0 saturated carbocycles. The summed E-state index contributed by atoms with van der Waals surface area (Å²) in [6.07, 6.45) is 1.75. The Morgan fingerprint density at radius 3 is 2.56 bits per heavy atom. The first-order valence-corrected chi connectivity index (χ1v) is 11.2. The van der Waals surface area contributed by atoms with Crippen molar-refractivity contribution in [1.29, 1.82) is 0 Å². The molecule has 0 spiro atoms. The largest absolute Gasteiger partial charge is 0.508 e. The average molecular weight is 448 g/mol. The molecule has 7 heteroatoms. The minimum atomic E-state index is -0.726. The van der Waals surface area contributed by atoms with Gasteiger partial charge in [-0.2, -0.15) is 4.36 Å². The molecular formula is C25H25N3O3S. The SMILES string of the molecule is COc1cc(O)cc(Nc2ccnc3ccc(N=S(OC)c4ccc(C)cc4C)cc23)c1. The standard InChI is InChI=1S/C25H25N3O3S/c1-16-5-8-25(17(2)11-16)32(31-4)28-18-6-7-23-22(14-18)24(9-10-26-23)27-19-12-20(29)15-21(13-19)30-3/h5-15,29H,1-4H3,(H,26,27). The van der Waals surface area contributed by atoms with Crippen LogP contribution in [0.4, 0.5) is 17.1 Å². The van der Waals surface area contributed by atoms with Crippen LogP contribution < -0.4 is 10.1 Å². The maximum absolute atomic E-state index is 9.97. The highest BCUT2D eigenvalue weighted by molar-refractivity contribution is 7.82. The van der Waals surface area contributed by atoms with Crippen molar-refractivity contribution in [1.82, 2.24) is 4.98 Å². The number of nitrogens with zero attached hydrogens (tertiary/aromatic N) is 2. The normalized spacial score (nSPS) is 12.1. The van der Waals surface area contributed by atoms with Crippen LogP contribution in [-0.4, -0.2) is 24.3 Å². The Labute approximate surface area is 190 Å². The third-order valence-electron chi connectivity index (χ3n) is 5.00. The number of aryl methyl sites for hydroxylation is 2. The second-order valence-electron chi connectivity index (χ2n) is 7.38. The zero-order valence-corrected chi connectivity index (χ0v) is 19.2. The number of anilines is 2. The lowest BCUT2D eigenvalue weighted by Gasteiger charge is -2.12. The molecule has 4 aromatic rings. The number of methoxy groups -OCH3 is 1. The van der Waals surface area contributed by atoms with Crippen molar-refractivity contribution in [2.45, 2.75) is 18.7 Å². The van der Waals surface area contributed by atoms with Crippen LogP contribution in [0.3, 0.4) is 0 Å². The number of phenolic OH excluding ortho intramolecular Hbond substituents is 1. The number of phenols is 1. The summed E-state index contributed by atoms with van der Waals surface area (Å²) in [6.45, 7) is 4.15. The van der Waals surface area contributed by atoms with E-state index in [9.17, 15) is 5.11 Å². The van der Waals surface area contributed by atoms with Gasteiger partial charge >= 0.3 is 0 Å². The Morgan fingerprint density at radius 1 is 0.969 bits per heavy atom. The molecule has 0 saturated heterocycles. The average Bonchev–Trinajstić information content (AvgIpc) is 2.78. The molecule has 164 valence electrons. The molecule has 32 heavy (non-hydrogen) atoms. The van der Waals surface area contributed by atoms with Crippen molar-refractivity contribution in [2.75, 3.05) is 19.5 Å². The van der Waals surface area contributed by atoms with E-state index in [4.69, 9.17) is 13.3 Å². The van der Waals surface area contributed by atoms with Crippen molar-refractivity contribution < 1.29 is 14.0 Å². The summed E-state index contributed by atoms with van der Waals surface area (Å²) in [6, 6.07) is 19.1. The van der Waals surface area contributed by atoms with Gasteiger partial charge in [0.1, 0.15) is 11.5 Å². The van der Waals surface area contributed by atoms with Gasteiger partial charge < -0.3 is 19.3 Å². The van der Waals surface area contributed by atoms with Crippen LogP contribution >= 0.6 is 0 Å². The predicted molar refractivity (Wildman–Crippen MR) is 130 cm³/mol. The Balaban J connectivity index is 1.75. The van der Waals surface area contributed by atoms with E-state index in [0.29, 0.717) is 11.4 Å². The van der Waals surface area contributed by atoms with E-state index >= 15 is 0 Å². The van der Waals surface area contributed by atoms with E-state index in [0.717, 1.165) is 32.7 Å². The highest BCUT2D eigenvalue weighted by Gasteiger charge is 2.09.